The van der Waals surface area contributed by atoms with Gasteiger partial charge in [0.25, 0.3) is 5.69 Å². The Kier molecular flexibility index (Phi) is 5.76. The van der Waals surface area contributed by atoms with Gasteiger partial charge < -0.3 is 4.90 Å². The lowest BCUT2D eigenvalue weighted by Gasteiger charge is -2.34. The number of alkyl halides is 3. The van der Waals surface area contributed by atoms with Crippen molar-refractivity contribution >= 4 is 44.0 Å². The van der Waals surface area contributed by atoms with E-state index in [1.54, 1.807) is 11.9 Å². The molecule has 0 N–H and O–H groups in total. The molecule has 1 amide bonds. The molecule has 2 aromatic carbocycles. The van der Waals surface area contributed by atoms with Crippen molar-refractivity contribution in [1.82, 2.24) is 4.98 Å². The highest BCUT2D eigenvalue weighted by atomic mass is 32.1. The second-order valence-electron chi connectivity index (χ2n) is 7.58. The zero-order chi connectivity index (χ0) is 23.0. The summed E-state index contributed by atoms with van der Waals surface area (Å²) in [6, 6.07) is 10.1. The third-order valence-electron chi connectivity index (χ3n) is 5.58. The Morgan fingerprint density at radius 3 is 2.53 bits per heavy atom. The molecule has 0 spiro atoms. The van der Waals surface area contributed by atoms with Crippen molar-refractivity contribution in [2.45, 2.75) is 19.0 Å². The minimum absolute atomic E-state index is 0.0920. The summed E-state index contributed by atoms with van der Waals surface area (Å²) in [7, 11) is 1.67. The molecule has 168 valence electrons. The SMILES string of the molecule is CN(C(=O)C1CCN(c2ccc(C(F)(F)F)cc2[N+](=O)[O-])CC1)c1nc2ccccc2s1. The Morgan fingerprint density at radius 2 is 1.91 bits per heavy atom. The van der Waals surface area contributed by atoms with Gasteiger partial charge in [-0.05, 0) is 37.1 Å². The molecule has 4 rings (SSSR count). The summed E-state index contributed by atoms with van der Waals surface area (Å²) in [4.78, 5) is 31.3. The lowest BCUT2D eigenvalue weighted by Crippen LogP contribution is -2.41. The second-order valence-corrected chi connectivity index (χ2v) is 8.59. The van der Waals surface area contributed by atoms with Crippen LogP contribution in [0.2, 0.25) is 0 Å². The standard InChI is InChI=1S/C21H19F3N4O3S/c1-26(20-25-15-4-2-3-5-18(15)32-20)19(29)13-8-10-27(11-9-13)16-7-6-14(21(22,23)24)12-17(16)28(30)31/h2-7,12-13H,8-11H2,1H3. The van der Waals surface area contributed by atoms with Gasteiger partial charge in [-0.1, -0.05) is 23.5 Å². The van der Waals surface area contributed by atoms with Crippen molar-refractivity contribution in [2.24, 2.45) is 5.92 Å². The first-order valence-corrected chi connectivity index (χ1v) is 10.7. The van der Waals surface area contributed by atoms with Crippen LogP contribution in [0.4, 0.5) is 29.7 Å². The first-order valence-electron chi connectivity index (χ1n) is 9.89. The highest BCUT2D eigenvalue weighted by Gasteiger charge is 2.35. The predicted octanol–water partition coefficient (Wildman–Crippen LogP) is 5.10. The van der Waals surface area contributed by atoms with Crippen LogP contribution >= 0.6 is 11.3 Å². The number of thiazole rings is 1. The maximum absolute atomic E-state index is 13.0. The zero-order valence-electron chi connectivity index (χ0n) is 17.0. The monoisotopic (exact) mass is 464 g/mol. The molecule has 32 heavy (non-hydrogen) atoms. The number of hydrogen-bond acceptors (Lipinski definition) is 6. The second kappa shape index (κ2) is 8.38. The Bertz CT molecular complexity index is 1140. The summed E-state index contributed by atoms with van der Waals surface area (Å²) >= 11 is 1.42. The molecule has 0 atom stereocenters. The van der Waals surface area contributed by atoms with Crippen LogP contribution in [0.25, 0.3) is 10.2 Å². The van der Waals surface area contributed by atoms with E-state index in [0.717, 1.165) is 22.3 Å². The number of carbonyl (C=O) groups is 1. The van der Waals surface area contributed by atoms with E-state index in [1.807, 2.05) is 24.3 Å². The van der Waals surface area contributed by atoms with Crippen LogP contribution in [0.1, 0.15) is 18.4 Å². The van der Waals surface area contributed by atoms with E-state index in [2.05, 4.69) is 4.98 Å². The van der Waals surface area contributed by atoms with Gasteiger partial charge in [0.1, 0.15) is 5.69 Å². The first kappa shape index (κ1) is 22.0. The van der Waals surface area contributed by atoms with Crippen molar-refractivity contribution < 1.29 is 22.9 Å². The van der Waals surface area contributed by atoms with Gasteiger partial charge in [0.05, 0.1) is 20.7 Å². The molecular formula is C21H19F3N4O3S. The van der Waals surface area contributed by atoms with Crippen LogP contribution in [0, 0.1) is 16.0 Å². The summed E-state index contributed by atoms with van der Waals surface area (Å²) < 4.78 is 39.8. The van der Waals surface area contributed by atoms with Crippen LogP contribution in [0.3, 0.4) is 0 Å². The number of anilines is 2. The number of nitro benzene ring substituents is 1. The molecule has 0 bridgehead atoms. The molecule has 1 aliphatic rings. The minimum atomic E-state index is -4.66. The van der Waals surface area contributed by atoms with Gasteiger partial charge in [-0.25, -0.2) is 4.98 Å². The number of amides is 1. The van der Waals surface area contributed by atoms with Crippen molar-refractivity contribution in [3.8, 4) is 0 Å². The lowest BCUT2D eigenvalue weighted by molar-refractivity contribution is -0.384. The van der Waals surface area contributed by atoms with Crippen LogP contribution in [0.15, 0.2) is 42.5 Å². The van der Waals surface area contributed by atoms with Gasteiger partial charge in [-0.2, -0.15) is 13.2 Å². The highest BCUT2D eigenvalue weighted by molar-refractivity contribution is 7.22. The molecule has 1 fully saturated rings. The number of piperidine rings is 1. The number of hydrogen-bond donors (Lipinski definition) is 0. The largest absolute Gasteiger partial charge is 0.416 e. The van der Waals surface area contributed by atoms with Crippen LogP contribution < -0.4 is 9.80 Å². The molecule has 1 saturated heterocycles. The average Bonchev–Trinajstić information content (AvgIpc) is 3.21. The smallest absolute Gasteiger partial charge is 0.366 e. The number of nitro groups is 1. The van der Waals surface area contributed by atoms with Crippen LogP contribution in [-0.4, -0.2) is 36.0 Å². The van der Waals surface area contributed by atoms with E-state index in [9.17, 15) is 28.1 Å². The number of halogens is 3. The maximum atomic E-state index is 13.0. The van der Waals surface area contributed by atoms with E-state index < -0.39 is 22.4 Å². The molecule has 0 radical (unpaired) electrons. The number of para-hydroxylation sites is 1. The van der Waals surface area contributed by atoms with Gasteiger partial charge in [0.15, 0.2) is 5.13 Å². The van der Waals surface area contributed by atoms with Gasteiger partial charge in [-0.15, -0.1) is 0 Å². The van der Waals surface area contributed by atoms with E-state index in [-0.39, 0.29) is 17.5 Å². The third-order valence-corrected chi connectivity index (χ3v) is 6.70. The Balaban J connectivity index is 1.47. The summed E-state index contributed by atoms with van der Waals surface area (Å²) in [6.07, 6.45) is -3.79. The van der Waals surface area contributed by atoms with Gasteiger partial charge >= 0.3 is 6.18 Å². The minimum Gasteiger partial charge on any atom is -0.366 e. The van der Waals surface area contributed by atoms with Crippen molar-refractivity contribution in [1.29, 1.82) is 0 Å². The molecule has 0 unspecified atom stereocenters. The van der Waals surface area contributed by atoms with E-state index in [0.29, 0.717) is 37.1 Å². The number of carbonyl (C=O) groups excluding carboxylic acids is 1. The highest BCUT2D eigenvalue weighted by Crippen LogP contribution is 2.38. The molecule has 3 aromatic rings. The fourth-order valence-corrected chi connectivity index (χ4v) is 4.78. The van der Waals surface area contributed by atoms with Crippen molar-refractivity contribution in [2.75, 3.05) is 29.9 Å². The maximum Gasteiger partial charge on any atom is 0.416 e. The molecule has 1 aromatic heterocycles. The topological polar surface area (TPSA) is 79.6 Å². The van der Waals surface area contributed by atoms with Crippen molar-refractivity contribution in [3.05, 3.63) is 58.1 Å². The predicted molar refractivity (Wildman–Crippen MR) is 116 cm³/mol. The molecule has 1 aliphatic heterocycles. The first-order chi connectivity index (χ1) is 15.1. The normalized spacial score (nSPS) is 15.2. The zero-order valence-corrected chi connectivity index (χ0v) is 17.8. The third kappa shape index (κ3) is 4.24. The van der Waals surface area contributed by atoms with Crippen LogP contribution in [-0.2, 0) is 11.0 Å². The fourth-order valence-electron chi connectivity index (χ4n) is 3.85. The molecule has 0 aliphatic carbocycles. The number of fused-ring (bicyclic) bond motifs is 1. The Morgan fingerprint density at radius 1 is 1.22 bits per heavy atom. The molecular weight excluding hydrogens is 445 g/mol. The molecule has 0 saturated carbocycles. The quantitative estimate of drug-likeness (QED) is 0.396. The van der Waals surface area contributed by atoms with Gasteiger partial charge in [-0.3, -0.25) is 19.8 Å². The number of nitrogens with zero attached hydrogens (tertiary/aromatic N) is 4. The van der Waals surface area contributed by atoms with Gasteiger partial charge in [0.2, 0.25) is 5.91 Å². The molecule has 2 heterocycles. The lowest BCUT2D eigenvalue weighted by atomic mass is 9.95. The Labute approximate surface area is 185 Å². The molecule has 7 nitrogen and oxygen atoms in total. The van der Waals surface area contributed by atoms with E-state index >= 15 is 0 Å². The average molecular weight is 464 g/mol. The number of aromatic nitrogens is 1. The summed E-state index contributed by atoms with van der Waals surface area (Å²) in [5, 5.41) is 12.0. The summed E-state index contributed by atoms with van der Waals surface area (Å²) in [6.45, 7) is 0.659. The number of rotatable bonds is 4. The van der Waals surface area contributed by atoms with Crippen molar-refractivity contribution in [3.63, 3.8) is 0 Å². The van der Waals surface area contributed by atoms with E-state index in [1.165, 1.54) is 16.2 Å². The van der Waals surface area contributed by atoms with Gasteiger partial charge in [0, 0.05) is 32.1 Å². The number of benzene rings is 2. The summed E-state index contributed by atoms with van der Waals surface area (Å²) in [5.41, 5.74) is -0.698. The summed E-state index contributed by atoms with van der Waals surface area (Å²) in [5.74, 6) is -0.387. The van der Waals surface area contributed by atoms with E-state index in [4.69, 9.17) is 0 Å². The van der Waals surface area contributed by atoms with Crippen LogP contribution in [0.5, 0.6) is 0 Å². The Hall–Kier alpha value is -3.21. The fraction of sp³-hybridized carbons (Fsp3) is 0.333. The molecule has 11 heteroatoms.